The molecule has 0 atom stereocenters. The number of para-hydroxylation sites is 1. The first-order valence-electron chi connectivity index (χ1n) is 6.84. The Kier molecular flexibility index (Phi) is 6.60. The zero-order valence-corrected chi connectivity index (χ0v) is 14.8. The molecule has 0 unspecified atom stereocenters. The lowest BCUT2D eigenvalue weighted by atomic mass is 10.1. The summed E-state index contributed by atoms with van der Waals surface area (Å²) < 4.78 is 0. The second-order valence-electron chi connectivity index (χ2n) is 4.65. The highest BCUT2D eigenvalue weighted by atomic mass is 35.5. The number of benzene rings is 2. The number of amides is 2. The fraction of sp³-hybridized carbons (Fsp3) is 0.0625. The van der Waals surface area contributed by atoms with Crippen molar-refractivity contribution in [3.8, 4) is 0 Å². The number of hydrogen-bond acceptors (Lipinski definition) is 4. The number of thioether (sulfide) groups is 1. The molecule has 2 aromatic carbocycles. The van der Waals surface area contributed by atoms with Crippen LogP contribution in [0, 0.1) is 0 Å². The van der Waals surface area contributed by atoms with Gasteiger partial charge in [-0.2, -0.15) is 0 Å². The van der Waals surface area contributed by atoms with Gasteiger partial charge in [-0.05, 0) is 48.6 Å². The van der Waals surface area contributed by atoms with E-state index in [-0.39, 0.29) is 16.8 Å². The van der Waals surface area contributed by atoms with Crippen LogP contribution in [-0.2, 0) is 4.79 Å². The standard InChI is InChI=1S/C16H14ClN3O2S2/c17-10-5-7-11(8-6-10)24-9-14(21)20-16(23)19-13-4-2-1-3-12(13)15(18)22/h1-8H,9H2,(H2,18,22)(H2,19,20,21,23). The largest absolute Gasteiger partial charge is 0.366 e. The van der Waals surface area contributed by atoms with Crippen LogP contribution in [-0.4, -0.2) is 22.7 Å². The maximum Gasteiger partial charge on any atom is 0.250 e. The van der Waals surface area contributed by atoms with Crippen LogP contribution in [0.15, 0.2) is 53.4 Å². The summed E-state index contributed by atoms with van der Waals surface area (Å²) in [5.41, 5.74) is 6.03. The third-order valence-corrected chi connectivity index (χ3v) is 4.35. The summed E-state index contributed by atoms with van der Waals surface area (Å²) >= 11 is 12.3. The topological polar surface area (TPSA) is 84.2 Å². The van der Waals surface area contributed by atoms with Crippen molar-refractivity contribution in [3.05, 3.63) is 59.1 Å². The second-order valence-corrected chi connectivity index (χ2v) is 6.55. The molecule has 0 aliphatic heterocycles. The minimum Gasteiger partial charge on any atom is -0.366 e. The van der Waals surface area contributed by atoms with Gasteiger partial charge < -0.3 is 16.4 Å². The number of carbonyl (C=O) groups is 2. The summed E-state index contributed by atoms with van der Waals surface area (Å²) in [7, 11) is 0. The van der Waals surface area contributed by atoms with E-state index in [2.05, 4.69) is 10.6 Å². The van der Waals surface area contributed by atoms with Crippen molar-refractivity contribution in [2.45, 2.75) is 4.90 Å². The van der Waals surface area contributed by atoms with Crippen LogP contribution in [0.4, 0.5) is 5.69 Å². The molecule has 2 amide bonds. The van der Waals surface area contributed by atoms with Gasteiger partial charge in [0.2, 0.25) is 5.91 Å². The van der Waals surface area contributed by atoms with Gasteiger partial charge in [-0.15, -0.1) is 11.8 Å². The van der Waals surface area contributed by atoms with Gasteiger partial charge in [0.25, 0.3) is 5.91 Å². The van der Waals surface area contributed by atoms with E-state index in [1.807, 2.05) is 12.1 Å². The second kappa shape index (κ2) is 8.68. The molecule has 4 N–H and O–H groups in total. The van der Waals surface area contributed by atoms with Crippen LogP contribution in [0.5, 0.6) is 0 Å². The van der Waals surface area contributed by atoms with Crippen molar-refractivity contribution in [3.63, 3.8) is 0 Å². The zero-order chi connectivity index (χ0) is 17.5. The maximum atomic E-state index is 11.9. The molecule has 24 heavy (non-hydrogen) atoms. The summed E-state index contributed by atoms with van der Waals surface area (Å²) in [6, 6.07) is 13.8. The molecule has 0 aliphatic carbocycles. The number of nitrogens with one attached hydrogen (secondary N) is 2. The molecule has 2 aromatic rings. The van der Waals surface area contributed by atoms with E-state index in [4.69, 9.17) is 29.6 Å². The van der Waals surface area contributed by atoms with Crippen LogP contribution in [0.1, 0.15) is 10.4 Å². The molecule has 0 heterocycles. The van der Waals surface area contributed by atoms with E-state index < -0.39 is 5.91 Å². The number of hydrogen-bond donors (Lipinski definition) is 3. The maximum absolute atomic E-state index is 11.9. The van der Waals surface area contributed by atoms with Crippen molar-refractivity contribution in [1.29, 1.82) is 0 Å². The van der Waals surface area contributed by atoms with Crippen LogP contribution < -0.4 is 16.4 Å². The molecule has 0 saturated carbocycles. The lowest BCUT2D eigenvalue weighted by molar-refractivity contribution is -0.117. The fourth-order valence-corrected chi connectivity index (χ4v) is 2.85. The fourth-order valence-electron chi connectivity index (χ4n) is 1.80. The molecule has 8 heteroatoms. The van der Waals surface area contributed by atoms with Gasteiger partial charge in [-0.1, -0.05) is 23.7 Å². The highest BCUT2D eigenvalue weighted by molar-refractivity contribution is 8.00. The van der Waals surface area contributed by atoms with Crippen molar-refractivity contribution in [2.75, 3.05) is 11.1 Å². The van der Waals surface area contributed by atoms with Gasteiger partial charge in [-0.25, -0.2) is 0 Å². The summed E-state index contributed by atoms with van der Waals surface area (Å²) in [6.07, 6.45) is 0. The minimum absolute atomic E-state index is 0.102. The van der Waals surface area contributed by atoms with E-state index in [0.29, 0.717) is 16.3 Å². The van der Waals surface area contributed by atoms with Gasteiger partial charge in [0.15, 0.2) is 5.11 Å². The molecule has 124 valence electrons. The lowest BCUT2D eigenvalue weighted by Gasteiger charge is -2.11. The summed E-state index contributed by atoms with van der Waals surface area (Å²) in [4.78, 5) is 24.2. The normalized spacial score (nSPS) is 10.0. The van der Waals surface area contributed by atoms with Crippen molar-refractivity contribution < 1.29 is 9.59 Å². The Balaban J connectivity index is 1.87. The van der Waals surface area contributed by atoms with Gasteiger partial charge >= 0.3 is 0 Å². The molecule has 2 rings (SSSR count). The molecule has 0 bridgehead atoms. The van der Waals surface area contributed by atoms with E-state index >= 15 is 0 Å². The first kappa shape index (κ1) is 18.3. The first-order valence-corrected chi connectivity index (χ1v) is 8.61. The highest BCUT2D eigenvalue weighted by Gasteiger charge is 2.10. The van der Waals surface area contributed by atoms with Crippen LogP contribution in [0.2, 0.25) is 5.02 Å². The summed E-state index contributed by atoms with van der Waals surface area (Å²) in [5.74, 6) is -0.643. The van der Waals surface area contributed by atoms with Crippen molar-refractivity contribution in [2.24, 2.45) is 5.73 Å². The average Bonchev–Trinajstić information content (AvgIpc) is 2.54. The number of halogens is 1. The zero-order valence-electron chi connectivity index (χ0n) is 12.4. The van der Waals surface area contributed by atoms with E-state index in [0.717, 1.165) is 4.90 Å². The minimum atomic E-state index is -0.578. The van der Waals surface area contributed by atoms with Crippen molar-refractivity contribution >= 4 is 58.2 Å². The van der Waals surface area contributed by atoms with Crippen LogP contribution >= 0.6 is 35.6 Å². The predicted octanol–water partition coefficient (Wildman–Crippen LogP) is 3.04. The van der Waals surface area contributed by atoms with Gasteiger partial charge in [0.1, 0.15) is 0 Å². The number of carbonyl (C=O) groups excluding carboxylic acids is 2. The molecule has 0 radical (unpaired) electrons. The Morgan fingerprint density at radius 2 is 1.79 bits per heavy atom. The summed E-state index contributed by atoms with van der Waals surface area (Å²) in [6.45, 7) is 0. The third-order valence-electron chi connectivity index (χ3n) is 2.88. The molecule has 0 saturated heterocycles. The smallest absolute Gasteiger partial charge is 0.250 e. The Hall–Kier alpha value is -2.09. The number of primary amides is 1. The molecular formula is C16H14ClN3O2S2. The molecule has 0 aliphatic rings. The molecular weight excluding hydrogens is 366 g/mol. The number of anilines is 1. The van der Waals surface area contributed by atoms with Gasteiger partial charge in [-0.3, -0.25) is 9.59 Å². The number of thiocarbonyl (C=S) groups is 1. The van der Waals surface area contributed by atoms with E-state index in [1.165, 1.54) is 11.8 Å². The third kappa shape index (κ3) is 5.52. The number of rotatable bonds is 5. The molecule has 0 spiro atoms. The Bertz CT molecular complexity index is 766. The first-order chi connectivity index (χ1) is 11.5. The highest BCUT2D eigenvalue weighted by Crippen LogP contribution is 2.20. The van der Waals surface area contributed by atoms with Gasteiger partial charge in [0.05, 0.1) is 17.0 Å². The van der Waals surface area contributed by atoms with Gasteiger partial charge in [0, 0.05) is 9.92 Å². The quantitative estimate of drug-likeness (QED) is 0.549. The Morgan fingerprint density at radius 1 is 1.12 bits per heavy atom. The van der Waals surface area contributed by atoms with E-state index in [1.54, 1.807) is 36.4 Å². The Morgan fingerprint density at radius 3 is 2.46 bits per heavy atom. The molecule has 5 nitrogen and oxygen atoms in total. The van der Waals surface area contributed by atoms with Crippen molar-refractivity contribution in [1.82, 2.24) is 5.32 Å². The summed E-state index contributed by atoms with van der Waals surface area (Å²) in [5, 5.41) is 6.10. The monoisotopic (exact) mass is 379 g/mol. The molecule has 0 fully saturated rings. The number of nitrogens with two attached hydrogens (primary N) is 1. The average molecular weight is 380 g/mol. The van der Waals surface area contributed by atoms with Crippen LogP contribution in [0.25, 0.3) is 0 Å². The van der Waals surface area contributed by atoms with Crippen LogP contribution in [0.3, 0.4) is 0 Å². The molecule has 0 aromatic heterocycles. The lowest BCUT2D eigenvalue weighted by Crippen LogP contribution is -2.35. The van der Waals surface area contributed by atoms with E-state index in [9.17, 15) is 9.59 Å². The predicted molar refractivity (Wildman–Crippen MR) is 101 cm³/mol. The Labute approximate surface area is 153 Å². The SMILES string of the molecule is NC(=O)c1ccccc1NC(=S)NC(=O)CSc1ccc(Cl)cc1.